The van der Waals surface area contributed by atoms with Crippen molar-refractivity contribution in [2.45, 2.75) is 11.7 Å². The molecular weight excluding hydrogens is 458 g/mol. The SMILES string of the molecule is COc1ccc(-c2nn(-c3ccccc3)cc2/C=N/N=C2\NC(=O)C(Cc3ccccc3)S2)cc1. The van der Waals surface area contributed by atoms with Gasteiger partial charge in [0.15, 0.2) is 5.17 Å². The number of thioether (sulfide) groups is 1. The number of amidine groups is 1. The molecule has 1 aliphatic rings. The van der Waals surface area contributed by atoms with Gasteiger partial charge in [0.25, 0.3) is 0 Å². The van der Waals surface area contributed by atoms with E-state index in [4.69, 9.17) is 9.84 Å². The molecule has 1 aliphatic heterocycles. The van der Waals surface area contributed by atoms with Crippen molar-refractivity contribution in [3.05, 3.63) is 102 Å². The Kier molecular flexibility index (Phi) is 6.72. The van der Waals surface area contributed by atoms with E-state index in [1.165, 1.54) is 11.8 Å². The molecule has 1 unspecified atom stereocenters. The van der Waals surface area contributed by atoms with Crippen molar-refractivity contribution in [2.75, 3.05) is 7.11 Å². The van der Waals surface area contributed by atoms with Gasteiger partial charge in [-0.1, -0.05) is 60.3 Å². The van der Waals surface area contributed by atoms with E-state index >= 15 is 0 Å². The molecule has 1 N–H and O–H groups in total. The predicted octanol–water partition coefficient (Wildman–Crippen LogP) is 4.71. The zero-order valence-corrected chi connectivity index (χ0v) is 19.9. The van der Waals surface area contributed by atoms with Gasteiger partial charge in [-0.15, -0.1) is 5.10 Å². The van der Waals surface area contributed by atoms with E-state index in [9.17, 15) is 4.79 Å². The quantitative estimate of drug-likeness (QED) is 0.306. The maximum atomic E-state index is 12.4. The van der Waals surface area contributed by atoms with Crippen molar-refractivity contribution in [1.82, 2.24) is 15.1 Å². The van der Waals surface area contributed by atoms with Crippen LogP contribution in [0.3, 0.4) is 0 Å². The number of nitrogens with one attached hydrogen (secondary N) is 1. The highest BCUT2D eigenvalue weighted by molar-refractivity contribution is 8.15. The summed E-state index contributed by atoms with van der Waals surface area (Å²) in [5.74, 6) is 0.723. The van der Waals surface area contributed by atoms with Gasteiger partial charge in [0.1, 0.15) is 11.4 Å². The van der Waals surface area contributed by atoms with Crippen molar-refractivity contribution in [3.63, 3.8) is 0 Å². The van der Waals surface area contributed by atoms with Crippen LogP contribution in [-0.4, -0.2) is 39.4 Å². The first kappa shape index (κ1) is 22.6. The summed E-state index contributed by atoms with van der Waals surface area (Å²) in [5, 5.41) is 16.4. The minimum Gasteiger partial charge on any atom is -0.497 e. The molecular formula is C27H23N5O2S. The lowest BCUT2D eigenvalue weighted by Gasteiger charge is -2.04. The van der Waals surface area contributed by atoms with Gasteiger partial charge in [-0.25, -0.2) is 4.68 Å². The van der Waals surface area contributed by atoms with E-state index < -0.39 is 0 Å². The second kappa shape index (κ2) is 10.4. The molecule has 0 bridgehead atoms. The number of methoxy groups -OCH3 is 1. The standard InChI is InChI=1S/C27H23N5O2S/c1-34-23-14-12-20(13-15-23)25-21(18-32(31-25)22-10-6-3-7-11-22)17-28-30-27-29-26(33)24(35-27)16-19-8-4-2-5-9-19/h2-15,17-18,24H,16H2,1H3,(H,29,30,33)/b28-17+. The number of aromatic nitrogens is 2. The number of amides is 1. The van der Waals surface area contributed by atoms with E-state index in [1.807, 2.05) is 95.8 Å². The average molecular weight is 482 g/mol. The zero-order chi connectivity index (χ0) is 24.0. The van der Waals surface area contributed by atoms with Crippen LogP contribution in [0, 0.1) is 0 Å². The zero-order valence-electron chi connectivity index (χ0n) is 19.0. The van der Waals surface area contributed by atoms with Gasteiger partial charge in [0.2, 0.25) is 5.91 Å². The molecule has 7 nitrogen and oxygen atoms in total. The van der Waals surface area contributed by atoms with Crippen LogP contribution in [0.5, 0.6) is 5.75 Å². The Morgan fingerprint density at radius 1 is 1.03 bits per heavy atom. The highest BCUT2D eigenvalue weighted by atomic mass is 32.2. The number of hydrogen-bond acceptors (Lipinski definition) is 6. The summed E-state index contributed by atoms with van der Waals surface area (Å²) >= 11 is 1.40. The molecule has 1 saturated heterocycles. The Balaban J connectivity index is 1.38. The Labute approximate surface area is 207 Å². The van der Waals surface area contributed by atoms with Crippen LogP contribution in [0.25, 0.3) is 16.9 Å². The summed E-state index contributed by atoms with van der Waals surface area (Å²) in [4.78, 5) is 12.4. The first-order chi connectivity index (χ1) is 17.2. The summed E-state index contributed by atoms with van der Waals surface area (Å²) in [6.07, 6.45) is 4.22. The van der Waals surface area contributed by atoms with Crippen LogP contribution in [0.1, 0.15) is 11.1 Å². The van der Waals surface area contributed by atoms with Crippen molar-refractivity contribution in [1.29, 1.82) is 0 Å². The lowest BCUT2D eigenvalue weighted by molar-refractivity contribution is -0.118. The number of para-hydroxylation sites is 1. The highest BCUT2D eigenvalue weighted by Crippen LogP contribution is 2.26. The molecule has 1 atom stereocenters. The predicted molar refractivity (Wildman–Crippen MR) is 140 cm³/mol. The molecule has 0 saturated carbocycles. The fraction of sp³-hybridized carbons (Fsp3) is 0.111. The summed E-state index contributed by atoms with van der Waals surface area (Å²) < 4.78 is 7.10. The molecule has 1 amide bonds. The van der Waals surface area contributed by atoms with Crippen LogP contribution < -0.4 is 10.1 Å². The van der Waals surface area contributed by atoms with Crippen LogP contribution in [0.2, 0.25) is 0 Å². The van der Waals surface area contributed by atoms with Gasteiger partial charge in [-0.2, -0.15) is 10.2 Å². The third-order valence-corrected chi connectivity index (χ3v) is 6.58. The molecule has 8 heteroatoms. The van der Waals surface area contributed by atoms with Crippen LogP contribution >= 0.6 is 11.8 Å². The lowest BCUT2D eigenvalue weighted by atomic mass is 10.1. The Morgan fingerprint density at radius 2 is 1.74 bits per heavy atom. The van der Waals surface area contributed by atoms with Crippen LogP contribution in [-0.2, 0) is 11.2 Å². The molecule has 5 rings (SSSR count). The fourth-order valence-corrected chi connectivity index (χ4v) is 4.69. The number of benzene rings is 3. The largest absolute Gasteiger partial charge is 0.497 e. The number of ether oxygens (including phenoxy) is 1. The summed E-state index contributed by atoms with van der Waals surface area (Å²) in [6.45, 7) is 0. The maximum absolute atomic E-state index is 12.4. The second-order valence-corrected chi connectivity index (χ2v) is 9.07. The van der Waals surface area contributed by atoms with Gasteiger partial charge in [0, 0.05) is 17.3 Å². The molecule has 174 valence electrons. The molecule has 2 heterocycles. The van der Waals surface area contributed by atoms with E-state index in [0.29, 0.717) is 11.6 Å². The number of rotatable bonds is 7. The molecule has 1 aromatic heterocycles. The highest BCUT2D eigenvalue weighted by Gasteiger charge is 2.30. The summed E-state index contributed by atoms with van der Waals surface area (Å²) in [6, 6.07) is 27.6. The monoisotopic (exact) mass is 481 g/mol. The normalized spacial score (nSPS) is 16.7. The first-order valence-electron chi connectivity index (χ1n) is 11.1. The average Bonchev–Trinajstić information content (AvgIpc) is 3.48. The summed E-state index contributed by atoms with van der Waals surface area (Å²) in [5.41, 5.74) is 4.56. The van der Waals surface area contributed by atoms with E-state index in [0.717, 1.165) is 33.8 Å². The lowest BCUT2D eigenvalue weighted by Crippen LogP contribution is -2.25. The molecule has 4 aromatic rings. The van der Waals surface area contributed by atoms with Gasteiger partial charge in [-0.3, -0.25) is 4.79 Å². The van der Waals surface area contributed by atoms with E-state index in [-0.39, 0.29) is 11.2 Å². The second-order valence-electron chi connectivity index (χ2n) is 7.88. The van der Waals surface area contributed by atoms with Crippen molar-refractivity contribution in [3.8, 4) is 22.7 Å². The number of carbonyl (C=O) groups excluding carboxylic acids is 1. The van der Waals surface area contributed by atoms with E-state index in [1.54, 1.807) is 13.3 Å². The van der Waals surface area contributed by atoms with Crippen molar-refractivity contribution < 1.29 is 9.53 Å². The smallest absolute Gasteiger partial charge is 0.239 e. The minimum atomic E-state index is -0.220. The minimum absolute atomic E-state index is 0.0522. The Bertz CT molecular complexity index is 1370. The Hall–Kier alpha value is -4.17. The third kappa shape index (κ3) is 5.33. The third-order valence-electron chi connectivity index (χ3n) is 5.51. The van der Waals surface area contributed by atoms with Crippen molar-refractivity contribution in [2.24, 2.45) is 10.2 Å². The van der Waals surface area contributed by atoms with Gasteiger partial charge < -0.3 is 10.1 Å². The molecule has 0 aliphatic carbocycles. The fourth-order valence-electron chi connectivity index (χ4n) is 3.73. The Morgan fingerprint density at radius 3 is 2.46 bits per heavy atom. The molecule has 0 spiro atoms. The van der Waals surface area contributed by atoms with Crippen molar-refractivity contribution >= 4 is 29.1 Å². The number of hydrogen-bond donors (Lipinski definition) is 1. The van der Waals surface area contributed by atoms with Crippen LogP contribution in [0.15, 0.2) is 101 Å². The first-order valence-corrected chi connectivity index (χ1v) is 12.0. The van der Waals surface area contributed by atoms with Crippen LogP contribution in [0.4, 0.5) is 0 Å². The summed E-state index contributed by atoms with van der Waals surface area (Å²) in [7, 11) is 1.64. The molecule has 1 fully saturated rings. The molecule has 0 radical (unpaired) electrons. The maximum Gasteiger partial charge on any atom is 0.239 e. The van der Waals surface area contributed by atoms with Gasteiger partial charge in [-0.05, 0) is 48.4 Å². The molecule has 3 aromatic carbocycles. The number of nitrogens with zero attached hydrogens (tertiary/aromatic N) is 4. The topological polar surface area (TPSA) is 80.9 Å². The van der Waals surface area contributed by atoms with E-state index in [2.05, 4.69) is 15.5 Å². The van der Waals surface area contributed by atoms with Gasteiger partial charge in [0.05, 0.1) is 24.3 Å². The van der Waals surface area contributed by atoms with Gasteiger partial charge >= 0.3 is 0 Å². The molecule has 35 heavy (non-hydrogen) atoms. The number of carbonyl (C=O) groups is 1.